The van der Waals surface area contributed by atoms with Crippen LogP contribution in [0.25, 0.3) is 6.08 Å². The number of carbonyl (C=O) groups is 2. The van der Waals surface area contributed by atoms with E-state index < -0.39 is 5.91 Å². The van der Waals surface area contributed by atoms with Crippen molar-refractivity contribution in [3.8, 4) is 11.5 Å². The van der Waals surface area contributed by atoms with Gasteiger partial charge >= 0.3 is 5.97 Å². The van der Waals surface area contributed by atoms with E-state index in [1.54, 1.807) is 31.4 Å². The number of hydrogen-bond acceptors (Lipinski definition) is 5. The Morgan fingerprint density at radius 2 is 1.81 bits per heavy atom. The molecule has 1 amide bonds. The fourth-order valence-electron chi connectivity index (χ4n) is 3.38. The number of methoxy groups -OCH3 is 1. The predicted octanol–water partition coefficient (Wildman–Crippen LogP) is 5.10. The van der Waals surface area contributed by atoms with E-state index in [9.17, 15) is 9.59 Å². The fraction of sp³-hybridized carbons (Fsp3) is 0.333. The van der Waals surface area contributed by atoms with Gasteiger partial charge in [-0.25, -0.2) is 4.79 Å². The van der Waals surface area contributed by atoms with Crippen molar-refractivity contribution < 1.29 is 23.9 Å². The zero-order valence-corrected chi connectivity index (χ0v) is 18.2. The van der Waals surface area contributed by atoms with Gasteiger partial charge in [0, 0.05) is 11.1 Å². The molecule has 164 valence electrons. The molecular formula is C24H26ClNO5. The molecular weight excluding hydrogens is 418 g/mol. The topological polar surface area (TPSA) is 73.9 Å². The number of hydrogen-bond donors (Lipinski definition) is 1. The highest BCUT2D eigenvalue weighted by Gasteiger charge is 2.23. The highest BCUT2D eigenvalue weighted by atomic mass is 35.5. The van der Waals surface area contributed by atoms with Gasteiger partial charge < -0.3 is 14.3 Å². The lowest BCUT2D eigenvalue weighted by molar-refractivity contribution is -0.161. The van der Waals surface area contributed by atoms with Gasteiger partial charge in [0.1, 0.15) is 6.61 Å². The maximum Gasteiger partial charge on any atom is 0.335 e. The van der Waals surface area contributed by atoms with Crippen LogP contribution < -0.4 is 15.0 Å². The van der Waals surface area contributed by atoms with Crippen LogP contribution in [0.2, 0.25) is 5.02 Å². The lowest BCUT2D eigenvalue weighted by atomic mass is 9.89. The molecule has 2 aromatic carbocycles. The van der Waals surface area contributed by atoms with Gasteiger partial charge in [-0.2, -0.15) is 5.48 Å². The number of halogens is 1. The standard InChI is InChI=1S/C24H26ClNO5/c1-29-22-15-17(9-13-21(22)30-16-18-7-11-20(25)12-8-18)10-14-23(27)26-31-24(28)19-5-3-2-4-6-19/h7-15,19H,2-6,16H2,1H3,(H,26,27)/b14-10+. The van der Waals surface area contributed by atoms with Gasteiger partial charge in [-0.15, -0.1) is 0 Å². The minimum Gasteiger partial charge on any atom is -0.493 e. The summed E-state index contributed by atoms with van der Waals surface area (Å²) in [6.07, 6.45) is 7.73. The first-order chi connectivity index (χ1) is 15.0. The van der Waals surface area contributed by atoms with Crippen LogP contribution in [0.5, 0.6) is 11.5 Å². The van der Waals surface area contributed by atoms with E-state index in [2.05, 4.69) is 5.48 Å². The summed E-state index contributed by atoms with van der Waals surface area (Å²) in [5.41, 5.74) is 3.91. The molecule has 31 heavy (non-hydrogen) atoms. The van der Waals surface area contributed by atoms with E-state index in [1.165, 1.54) is 6.08 Å². The maximum absolute atomic E-state index is 12.0. The van der Waals surface area contributed by atoms with E-state index in [-0.39, 0.29) is 11.9 Å². The van der Waals surface area contributed by atoms with E-state index in [0.717, 1.165) is 43.2 Å². The van der Waals surface area contributed by atoms with E-state index >= 15 is 0 Å². The molecule has 1 N–H and O–H groups in total. The first-order valence-corrected chi connectivity index (χ1v) is 10.7. The van der Waals surface area contributed by atoms with Crippen molar-refractivity contribution in [3.05, 3.63) is 64.7 Å². The Kier molecular flexibility index (Phi) is 8.35. The molecule has 1 fully saturated rings. The van der Waals surface area contributed by atoms with E-state index in [0.29, 0.717) is 23.1 Å². The van der Waals surface area contributed by atoms with Crippen molar-refractivity contribution in [1.29, 1.82) is 0 Å². The molecule has 0 radical (unpaired) electrons. The van der Waals surface area contributed by atoms with Crippen LogP contribution in [0.1, 0.15) is 43.2 Å². The van der Waals surface area contributed by atoms with Crippen LogP contribution >= 0.6 is 11.6 Å². The molecule has 0 heterocycles. The quantitative estimate of drug-likeness (QED) is 0.476. The minimum atomic E-state index is -0.508. The van der Waals surface area contributed by atoms with Crippen LogP contribution in [0, 0.1) is 5.92 Å². The summed E-state index contributed by atoms with van der Waals surface area (Å²) in [7, 11) is 1.55. The van der Waals surface area contributed by atoms with Gasteiger partial charge in [-0.1, -0.05) is 49.1 Å². The van der Waals surface area contributed by atoms with Gasteiger partial charge in [0.05, 0.1) is 13.0 Å². The zero-order chi connectivity index (χ0) is 22.1. The third-order valence-electron chi connectivity index (χ3n) is 5.11. The Morgan fingerprint density at radius 3 is 2.52 bits per heavy atom. The minimum absolute atomic E-state index is 0.122. The molecule has 3 rings (SSSR count). The first-order valence-electron chi connectivity index (χ1n) is 10.3. The Morgan fingerprint density at radius 1 is 1.06 bits per heavy atom. The monoisotopic (exact) mass is 443 g/mol. The normalized spacial score (nSPS) is 14.3. The van der Waals surface area contributed by atoms with Crippen LogP contribution in [-0.4, -0.2) is 19.0 Å². The molecule has 7 heteroatoms. The summed E-state index contributed by atoms with van der Waals surface area (Å²) in [4.78, 5) is 28.9. The van der Waals surface area contributed by atoms with E-state index in [4.69, 9.17) is 25.9 Å². The Labute approximate surface area is 187 Å². The van der Waals surface area contributed by atoms with Crippen molar-refractivity contribution in [2.24, 2.45) is 5.92 Å². The molecule has 0 saturated heterocycles. The molecule has 1 aliphatic carbocycles. The number of carbonyl (C=O) groups excluding carboxylic acids is 2. The molecule has 0 atom stereocenters. The molecule has 0 aromatic heterocycles. The molecule has 2 aromatic rings. The second-order valence-electron chi connectivity index (χ2n) is 7.38. The second kappa shape index (κ2) is 11.4. The second-order valence-corrected chi connectivity index (χ2v) is 7.82. The smallest absolute Gasteiger partial charge is 0.335 e. The summed E-state index contributed by atoms with van der Waals surface area (Å²) < 4.78 is 11.2. The number of nitrogens with one attached hydrogen (secondary N) is 1. The summed E-state index contributed by atoms with van der Waals surface area (Å²) in [6.45, 7) is 0.373. The lowest BCUT2D eigenvalue weighted by Gasteiger charge is -2.19. The zero-order valence-electron chi connectivity index (χ0n) is 17.4. The van der Waals surface area contributed by atoms with Crippen LogP contribution in [-0.2, 0) is 21.0 Å². The maximum atomic E-state index is 12.0. The largest absolute Gasteiger partial charge is 0.493 e. The Hall–Kier alpha value is -2.99. The average molecular weight is 444 g/mol. The Balaban J connectivity index is 1.52. The van der Waals surface area contributed by atoms with Crippen molar-refractivity contribution in [1.82, 2.24) is 5.48 Å². The SMILES string of the molecule is COc1cc(/C=C/C(=O)NOC(=O)C2CCCCC2)ccc1OCc1ccc(Cl)cc1. The molecule has 0 bridgehead atoms. The summed E-state index contributed by atoms with van der Waals surface area (Å²) in [5.74, 6) is 0.125. The molecule has 1 aliphatic rings. The third-order valence-corrected chi connectivity index (χ3v) is 5.37. The number of benzene rings is 2. The molecule has 0 aliphatic heterocycles. The summed E-state index contributed by atoms with van der Waals surface area (Å²) in [5, 5.41) is 0.672. The van der Waals surface area contributed by atoms with Crippen molar-refractivity contribution in [2.75, 3.05) is 7.11 Å². The number of rotatable bonds is 7. The van der Waals surface area contributed by atoms with Crippen molar-refractivity contribution in [2.45, 2.75) is 38.7 Å². The van der Waals surface area contributed by atoms with Crippen LogP contribution in [0.3, 0.4) is 0 Å². The third kappa shape index (κ3) is 7.03. The average Bonchev–Trinajstić information content (AvgIpc) is 2.81. The summed E-state index contributed by atoms with van der Waals surface area (Å²) in [6, 6.07) is 12.7. The molecule has 1 saturated carbocycles. The summed E-state index contributed by atoms with van der Waals surface area (Å²) >= 11 is 5.90. The van der Waals surface area contributed by atoms with Gasteiger partial charge in [0.15, 0.2) is 11.5 Å². The van der Waals surface area contributed by atoms with Gasteiger partial charge in [-0.3, -0.25) is 4.79 Å². The number of amides is 1. The number of ether oxygens (including phenoxy) is 2. The Bertz CT molecular complexity index is 920. The lowest BCUT2D eigenvalue weighted by Crippen LogP contribution is -2.30. The fourth-order valence-corrected chi connectivity index (χ4v) is 3.50. The van der Waals surface area contributed by atoms with Crippen molar-refractivity contribution in [3.63, 3.8) is 0 Å². The highest BCUT2D eigenvalue weighted by Crippen LogP contribution is 2.29. The van der Waals surface area contributed by atoms with Crippen LogP contribution in [0.4, 0.5) is 0 Å². The van der Waals surface area contributed by atoms with Crippen molar-refractivity contribution >= 4 is 29.6 Å². The number of hydroxylamine groups is 1. The predicted molar refractivity (Wildman–Crippen MR) is 119 cm³/mol. The van der Waals surface area contributed by atoms with Crippen LogP contribution in [0.15, 0.2) is 48.5 Å². The van der Waals surface area contributed by atoms with Gasteiger partial charge in [-0.05, 0) is 54.3 Å². The first kappa shape index (κ1) is 22.7. The van der Waals surface area contributed by atoms with Gasteiger partial charge in [0.2, 0.25) is 0 Å². The molecule has 6 nitrogen and oxygen atoms in total. The van der Waals surface area contributed by atoms with Gasteiger partial charge in [0.25, 0.3) is 5.91 Å². The van der Waals surface area contributed by atoms with E-state index in [1.807, 2.05) is 24.3 Å². The molecule has 0 spiro atoms. The highest BCUT2D eigenvalue weighted by molar-refractivity contribution is 6.30. The molecule has 0 unspecified atom stereocenters.